The second-order valence-corrected chi connectivity index (χ2v) is 5.66. The molecule has 0 atom stereocenters. The van der Waals surface area contributed by atoms with Crippen LogP contribution in [0.25, 0.3) is 22.7 Å². The van der Waals surface area contributed by atoms with Crippen molar-refractivity contribution in [1.29, 1.82) is 0 Å². The van der Waals surface area contributed by atoms with Crippen LogP contribution < -0.4 is 10.2 Å². The molecule has 3 aromatic rings. The van der Waals surface area contributed by atoms with Gasteiger partial charge in [-0.1, -0.05) is 29.2 Å². The minimum Gasteiger partial charge on any atom is -0.481 e. The first-order valence-electron chi connectivity index (χ1n) is 7.20. The lowest BCUT2D eigenvalue weighted by Crippen LogP contribution is -2.11. The number of hydrogen-bond donors (Lipinski definition) is 1. The SMILES string of the molecule is Bc1ccc(OCC(=O)O)c(-c2coc(-c3ccc(Cl)cc3)n2)c1. The molecule has 3 rings (SSSR count). The molecule has 0 aliphatic heterocycles. The third kappa shape index (κ3) is 3.60. The number of nitrogens with zero attached hydrogens (tertiary/aromatic N) is 1. The molecule has 0 saturated heterocycles. The first-order valence-corrected chi connectivity index (χ1v) is 7.58. The van der Waals surface area contributed by atoms with E-state index in [1.165, 1.54) is 6.26 Å². The number of aromatic nitrogens is 1. The van der Waals surface area contributed by atoms with E-state index in [2.05, 4.69) is 4.98 Å². The lowest BCUT2D eigenvalue weighted by Gasteiger charge is -2.09. The number of carbonyl (C=O) groups is 1. The molecule has 2 aromatic carbocycles. The summed E-state index contributed by atoms with van der Waals surface area (Å²) < 4.78 is 10.9. The van der Waals surface area contributed by atoms with Crippen molar-refractivity contribution in [3.8, 4) is 28.5 Å². The highest BCUT2D eigenvalue weighted by atomic mass is 35.5. The predicted molar refractivity (Wildman–Crippen MR) is 93.7 cm³/mol. The van der Waals surface area contributed by atoms with Crippen molar-refractivity contribution in [3.63, 3.8) is 0 Å². The maximum absolute atomic E-state index is 10.7. The van der Waals surface area contributed by atoms with Gasteiger partial charge in [0.1, 0.15) is 25.6 Å². The van der Waals surface area contributed by atoms with Gasteiger partial charge in [-0.15, -0.1) is 0 Å². The average molecular weight is 342 g/mol. The summed E-state index contributed by atoms with van der Waals surface area (Å²) in [5.74, 6) is -0.144. The number of hydrogen-bond acceptors (Lipinski definition) is 4. The van der Waals surface area contributed by atoms with Gasteiger partial charge < -0.3 is 14.3 Å². The number of rotatable bonds is 5. The number of benzene rings is 2. The number of ether oxygens (including phenoxy) is 1. The van der Waals surface area contributed by atoms with Gasteiger partial charge in [0.25, 0.3) is 0 Å². The van der Waals surface area contributed by atoms with Crippen molar-refractivity contribution in [3.05, 3.63) is 53.8 Å². The predicted octanol–water partition coefficient (Wildman–Crippen LogP) is 2.38. The van der Waals surface area contributed by atoms with Gasteiger partial charge in [0.2, 0.25) is 5.89 Å². The molecule has 5 nitrogen and oxygen atoms in total. The fraction of sp³-hybridized carbons (Fsp3) is 0.0588. The topological polar surface area (TPSA) is 72.6 Å². The molecule has 0 aliphatic rings. The van der Waals surface area contributed by atoms with Gasteiger partial charge in [-0.05, 0) is 30.3 Å². The van der Waals surface area contributed by atoms with E-state index in [-0.39, 0.29) is 0 Å². The van der Waals surface area contributed by atoms with Crippen LogP contribution in [0.4, 0.5) is 0 Å². The Balaban J connectivity index is 1.95. The van der Waals surface area contributed by atoms with Crippen LogP contribution in [0.5, 0.6) is 5.75 Å². The Kier molecular flexibility index (Phi) is 4.58. The zero-order chi connectivity index (χ0) is 17.1. The van der Waals surface area contributed by atoms with Crippen LogP contribution in [0.3, 0.4) is 0 Å². The fourth-order valence-corrected chi connectivity index (χ4v) is 2.36. The Bertz CT molecular complexity index is 877. The molecule has 1 heterocycles. The summed E-state index contributed by atoms with van der Waals surface area (Å²) in [4.78, 5) is 15.2. The van der Waals surface area contributed by atoms with Crippen LogP contribution in [-0.2, 0) is 4.79 Å². The molecule has 120 valence electrons. The third-order valence-corrected chi connectivity index (χ3v) is 3.61. The average Bonchev–Trinajstić information content (AvgIpc) is 3.04. The van der Waals surface area contributed by atoms with Gasteiger partial charge in [0.05, 0.1) is 0 Å². The van der Waals surface area contributed by atoms with Crippen LogP contribution in [-0.4, -0.2) is 30.5 Å². The maximum Gasteiger partial charge on any atom is 0.341 e. The van der Waals surface area contributed by atoms with Crippen LogP contribution in [0.15, 0.2) is 53.1 Å². The number of carboxylic acid groups (broad SMARTS) is 1. The second-order valence-electron chi connectivity index (χ2n) is 5.23. The summed E-state index contributed by atoms with van der Waals surface area (Å²) in [5.41, 5.74) is 3.05. The van der Waals surface area contributed by atoms with E-state index >= 15 is 0 Å². The molecule has 7 heteroatoms. The molecule has 0 unspecified atom stereocenters. The van der Waals surface area contributed by atoms with E-state index in [1.807, 2.05) is 32.1 Å². The monoisotopic (exact) mass is 341 g/mol. The van der Waals surface area contributed by atoms with Gasteiger partial charge in [0.15, 0.2) is 6.61 Å². The highest BCUT2D eigenvalue weighted by Crippen LogP contribution is 2.31. The highest BCUT2D eigenvalue weighted by molar-refractivity contribution is 6.32. The van der Waals surface area contributed by atoms with Gasteiger partial charge in [0, 0.05) is 16.1 Å². The number of carboxylic acids is 1. The van der Waals surface area contributed by atoms with E-state index in [0.717, 1.165) is 11.0 Å². The first-order chi connectivity index (χ1) is 11.5. The Morgan fingerprint density at radius 3 is 2.71 bits per heavy atom. The third-order valence-electron chi connectivity index (χ3n) is 3.36. The lowest BCUT2D eigenvalue weighted by atomic mass is 9.93. The zero-order valence-electron chi connectivity index (χ0n) is 12.8. The van der Waals surface area contributed by atoms with Crippen LogP contribution in [0, 0.1) is 0 Å². The Morgan fingerprint density at radius 1 is 1.25 bits per heavy atom. The molecule has 0 amide bonds. The molecule has 0 spiro atoms. The number of oxazole rings is 1. The quantitative estimate of drug-likeness (QED) is 0.721. The molecular formula is C17H13BClNO4. The standard InChI is InChI=1S/C17H13BClNO4/c18-11-3-6-15(23-9-16(21)22)13(7-11)14-8-24-17(20-14)10-1-4-12(19)5-2-10/h1-8H,9,18H2,(H,21,22). The summed E-state index contributed by atoms with van der Waals surface area (Å²) in [7, 11) is 1.94. The molecule has 0 fully saturated rings. The lowest BCUT2D eigenvalue weighted by molar-refractivity contribution is -0.139. The van der Waals surface area contributed by atoms with Crippen molar-refractivity contribution >= 4 is 30.9 Å². The summed E-state index contributed by atoms with van der Waals surface area (Å²) in [6, 6.07) is 12.6. The van der Waals surface area contributed by atoms with Crippen molar-refractivity contribution in [1.82, 2.24) is 4.98 Å². The van der Waals surface area contributed by atoms with Crippen molar-refractivity contribution < 1.29 is 19.1 Å². The fourth-order valence-electron chi connectivity index (χ4n) is 2.23. The summed E-state index contributed by atoms with van der Waals surface area (Å²) in [5, 5.41) is 9.43. The normalized spacial score (nSPS) is 10.5. The van der Waals surface area contributed by atoms with Gasteiger partial charge in [-0.25, -0.2) is 9.78 Å². The largest absolute Gasteiger partial charge is 0.481 e. The summed E-state index contributed by atoms with van der Waals surface area (Å²) >= 11 is 5.88. The van der Waals surface area contributed by atoms with Crippen LogP contribution in [0.1, 0.15) is 0 Å². The van der Waals surface area contributed by atoms with E-state index < -0.39 is 12.6 Å². The van der Waals surface area contributed by atoms with E-state index in [0.29, 0.717) is 27.9 Å². The van der Waals surface area contributed by atoms with E-state index in [4.69, 9.17) is 25.9 Å². The number of aliphatic carboxylic acids is 1. The smallest absolute Gasteiger partial charge is 0.341 e. The zero-order valence-corrected chi connectivity index (χ0v) is 13.6. The number of halogens is 1. The van der Waals surface area contributed by atoms with Crippen LogP contribution >= 0.6 is 11.6 Å². The molecule has 0 radical (unpaired) electrons. The minimum atomic E-state index is -1.04. The first kappa shape index (κ1) is 16.1. The van der Waals surface area contributed by atoms with Crippen molar-refractivity contribution in [2.24, 2.45) is 0 Å². The van der Waals surface area contributed by atoms with Crippen molar-refractivity contribution in [2.75, 3.05) is 6.61 Å². The van der Waals surface area contributed by atoms with E-state index in [1.54, 1.807) is 18.2 Å². The molecule has 1 aromatic heterocycles. The highest BCUT2D eigenvalue weighted by Gasteiger charge is 2.14. The van der Waals surface area contributed by atoms with E-state index in [9.17, 15) is 4.79 Å². The molecular weight excluding hydrogens is 328 g/mol. The Morgan fingerprint density at radius 2 is 2.00 bits per heavy atom. The molecule has 1 N–H and O–H groups in total. The molecule has 0 saturated carbocycles. The second kappa shape index (κ2) is 6.80. The summed E-state index contributed by atoms with van der Waals surface area (Å²) in [6.45, 7) is -0.419. The Hall–Kier alpha value is -2.73. The van der Waals surface area contributed by atoms with Crippen LogP contribution in [0.2, 0.25) is 5.02 Å². The van der Waals surface area contributed by atoms with Gasteiger partial charge >= 0.3 is 5.97 Å². The minimum absolute atomic E-state index is 0.419. The Labute approximate surface area is 144 Å². The molecule has 0 bridgehead atoms. The van der Waals surface area contributed by atoms with Gasteiger partial charge in [-0.3, -0.25) is 0 Å². The molecule has 24 heavy (non-hydrogen) atoms. The van der Waals surface area contributed by atoms with Gasteiger partial charge in [-0.2, -0.15) is 0 Å². The summed E-state index contributed by atoms with van der Waals surface area (Å²) in [6.07, 6.45) is 1.52. The maximum atomic E-state index is 10.7. The van der Waals surface area contributed by atoms with Crippen molar-refractivity contribution in [2.45, 2.75) is 0 Å². The molecule has 0 aliphatic carbocycles.